The summed E-state index contributed by atoms with van der Waals surface area (Å²) in [6.07, 6.45) is 6.15. The number of nitrogens with zero attached hydrogens (tertiary/aromatic N) is 2. The molecule has 0 bridgehead atoms. The van der Waals surface area contributed by atoms with Gasteiger partial charge in [-0.25, -0.2) is 4.98 Å². The molecule has 1 unspecified atom stereocenters. The highest BCUT2D eigenvalue weighted by molar-refractivity contribution is 5.79. The smallest absolute Gasteiger partial charge is 0.255 e. The predicted molar refractivity (Wildman–Crippen MR) is 97.0 cm³/mol. The summed E-state index contributed by atoms with van der Waals surface area (Å²) in [5.74, 6) is 0.260. The first-order valence-corrected chi connectivity index (χ1v) is 8.54. The van der Waals surface area contributed by atoms with Crippen LogP contribution in [0.25, 0.3) is 11.4 Å². The number of unbranched alkanes of at least 4 members (excludes halogenated alkanes) is 1. The van der Waals surface area contributed by atoms with Crippen LogP contribution in [-0.2, 0) is 11.2 Å². The van der Waals surface area contributed by atoms with Crippen molar-refractivity contribution in [3.63, 3.8) is 0 Å². The number of aromatic nitrogens is 3. The van der Waals surface area contributed by atoms with Crippen molar-refractivity contribution >= 4 is 5.91 Å². The van der Waals surface area contributed by atoms with Gasteiger partial charge in [-0.1, -0.05) is 19.8 Å². The maximum Gasteiger partial charge on any atom is 0.255 e. The second-order valence-electron chi connectivity index (χ2n) is 6.03. The second-order valence-corrected chi connectivity index (χ2v) is 6.03. The van der Waals surface area contributed by atoms with Crippen LogP contribution in [0.15, 0.2) is 29.3 Å². The highest BCUT2D eigenvalue weighted by Crippen LogP contribution is 2.13. The Balaban J connectivity index is 2.12. The zero-order valence-electron chi connectivity index (χ0n) is 14.7. The minimum atomic E-state index is -0.299. The monoisotopic (exact) mass is 343 g/mol. The number of rotatable bonds is 8. The van der Waals surface area contributed by atoms with Crippen LogP contribution in [-0.4, -0.2) is 33.4 Å². The Morgan fingerprint density at radius 2 is 2.08 bits per heavy atom. The SMILES string of the molecule is CCCCC(CN)NC(=O)Cc1c(C)nc(-c2ccncc2)[nH]c1=O. The molecular formula is C18H25N5O2. The number of nitrogens with two attached hydrogens (primary N) is 1. The Morgan fingerprint density at radius 3 is 2.68 bits per heavy atom. The molecule has 0 aliphatic carbocycles. The Morgan fingerprint density at radius 1 is 1.36 bits per heavy atom. The molecule has 25 heavy (non-hydrogen) atoms. The molecule has 0 aromatic carbocycles. The summed E-state index contributed by atoms with van der Waals surface area (Å²) in [6.45, 7) is 4.22. The van der Waals surface area contributed by atoms with E-state index in [4.69, 9.17) is 5.73 Å². The van der Waals surface area contributed by atoms with Crippen LogP contribution in [0, 0.1) is 6.92 Å². The fourth-order valence-corrected chi connectivity index (χ4v) is 2.60. The highest BCUT2D eigenvalue weighted by atomic mass is 16.2. The molecule has 0 fully saturated rings. The lowest BCUT2D eigenvalue weighted by atomic mass is 10.1. The Bertz CT molecular complexity index is 758. The first-order valence-electron chi connectivity index (χ1n) is 8.54. The largest absolute Gasteiger partial charge is 0.352 e. The van der Waals surface area contributed by atoms with E-state index in [9.17, 15) is 9.59 Å². The van der Waals surface area contributed by atoms with Crippen LogP contribution in [0.2, 0.25) is 0 Å². The predicted octanol–water partition coefficient (Wildman–Crippen LogP) is 1.32. The quantitative estimate of drug-likeness (QED) is 0.669. The number of hydrogen-bond acceptors (Lipinski definition) is 5. The summed E-state index contributed by atoms with van der Waals surface area (Å²) in [5, 5.41) is 2.90. The Hall–Kier alpha value is -2.54. The molecule has 7 heteroatoms. The van der Waals surface area contributed by atoms with Crippen molar-refractivity contribution in [2.24, 2.45) is 5.73 Å². The van der Waals surface area contributed by atoms with E-state index in [1.54, 1.807) is 31.5 Å². The molecule has 7 nitrogen and oxygen atoms in total. The van der Waals surface area contributed by atoms with Gasteiger partial charge in [0.15, 0.2) is 0 Å². The van der Waals surface area contributed by atoms with Crippen molar-refractivity contribution in [2.75, 3.05) is 6.54 Å². The van der Waals surface area contributed by atoms with Crippen LogP contribution in [0.3, 0.4) is 0 Å². The van der Waals surface area contributed by atoms with Crippen molar-refractivity contribution < 1.29 is 4.79 Å². The van der Waals surface area contributed by atoms with Crippen LogP contribution < -0.4 is 16.6 Å². The van der Waals surface area contributed by atoms with E-state index in [-0.39, 0.29) is 23.9 Å². The molecule has 4 N–H and O–H groups in total. The first-order chi connectivity index (χ1) is 12.0. The van der Waals surface area contributed by atoms with Gasteiger partial charge in [0.1, 0.15) is 5.82 Å². The zero-order valence-corrected chi connectivity index (χ0v) is 14.7. The van der Waals surface area contributed by atoms with Crippen molar-refractivity contribution in [3.05, 3.63) is 46.1 Å². The standard InChI is InChI=1S/C18H25N5O2/c1-3-4-5-14(11-19)22-16(24)10-15-12(2)21-17(23-18(15)25)13-6-8-20-9-7-13/h6-9,14H,3-5,10-11,19H2,1-2H3,(H,22,24)(H,21,23,25). The van der Waals surface area contributed by atoms with E-state index in [0.29, 0.717) is 23.6 Å². The van der Waals surface area contributed by atoms with E-state index in [1.807, 2.05) is 0 Å². The molecule has 2 heterocycles. The molecule has 2 aromatic rings. The van der Waals surface area contributed by atoms with Crippen molar-refractivity contribution in [3.8, 4) is 11.4 Å². The molecule has 2 aromatic heterocycles. The normalized spacial score (nSPS) is 12.0. The van der Waals surface area contributed by atoms with Crippen molar-refractivity contribution in [2.45, 2.75) is 45.6 Å². The van der Waals surface area contributed by atoms with E-state index < -0.39 is 0 Å². The molecule has 0 saturated carbocycles. The van der Waals surface area contributed by atoms with Gasteiger partial charge in [-0.15, -0.1) is 0 Å². The van der Waals surface area contributed by atoms with E-state index in [2.05, 4.69) is 27.2 Å². The summed E-state index contributed by atoms with van der Waals surface area (Å²) >= 11 is 0. The minimum absolute atomic E-state index is 0.00653. The molecule has 0 aliphatic rings. The summed E-state index contributed by atoms with van der Waals surface area (Å²) in [7, 11) is 0. The summed E-state index contributed by atoms with van der Waals surface area (Å²) in [6, 6.07) is 3.48. The zero-order chi connectivity index (χ0) is 18.2. The van der Waals surface area contributed by atoms with E-state index >= 15 is 0 Å². The lowest BCUT2D eigenvalue weighted by molar-refractivity contribution is -0.121. The molecule has 0 radical (unpaired) electrons. The van der Waals surface area contributed by atoms with E-state index in [0.717, 1.165) is 24.8 Å². The second kappa shape index (κ2) is 9.08. The van der Waals surface area contributed by atoms with Crippen molar-refractivity contribution in [1.29, 1.82) is 0 Å². The molecule has 134 valence electrons. The summed E-state index contributed by atoms with van der Waals surface area (Å²) in [5.41, 5.74) is 7.09. The lowest BCUT2D eigenvalue weighted by Gasteiger charge is -2.16. The maximum atomic E-state index is 12.4. The van der Waals surface area contributed by atoms with Crippen LogP contribution in [0.1, 0.15) is 37.4 Å². The number of aromatic amines is 1. The Labute approximate surface area is 147 Å². The van der Waals surface area contributed by atoms with Gasteiger partial charge in [0.05, 0.1) is 6.42 Å². The molecule has 0 saturated heterocycles. The molecule has 2 rings (SSSR count). The summed E-state index contributed by atoms with van der Waals surface area (Å²) < 4.78 is 0. The first kappa shape index (κ1) is 18.8. The van der Waals surface area contributed by atoms with Crippen molar-refractivity contribution in [1.82, 2.24) is 20.3 Å². The molecule has 1 atom stereocenters. The number of hydrogen-bond donors (Lipinski definition) is 3. The van der Waals surface area contributed by atoms with Crippen LogP contribution >= 0.6 is 0 Å². The van der Waals surface area contributed by atoms with E-state index in [1.165, 1.54) is 0 Å². The van der Waals surface area contributed by atoms with Gasteiger partial charge in [0, 0.05) is 41.8 Å². The average molecular weight is 343 g/mol. The minimum Gasteiger partial charge on any atom is -0.352 e. The molecule has 0 spiro atoms. The Kier molecular flexibility index (Phi) is 6.82. The maximum absolute atomic E-state index is 12.4. The third-order valence-corrected chi connectivity index (χ3v) is 4.07. The highest BCUT2D eigenvalue weighted by Gasteiger charge is 2.16. The van der Waals surface area contributed by atoms with Gasteiger partial charge in [0.2, 0.25) is 5.91 Å². The third-order valence-electron chi connectivity index (χ3n) is 4.07. The van der Waals surface area contributed by atoms with Gasteiger partial charge in [0.25, 0.3) is 5.56 Å². The number of carbonyl (C=O) groups is 1. The number of carbonyl (C=O) groups excluding carboxylic acids is 1. The third kappa shape index (κ3) is 5.22. The summed E-state index contributed by atoms with van der Waals surface area (Å²) in [4.78, 5) is 35.7. The molecule has 0 aliphatic heterocycles. The fourth-order valence-electron chi connectivity index (χ4n) is 2.60. The van der Waals surface area contributed by atoms with Gasteiger partial charge in [-0.2, -0.15) is 0 Å². The number of aryl methyl sites for hydroxylation is 1. The van der Waals surface area contributed by atoms with Crippen LogP contribution in [0.5, 0.6) is 0 Å². The lowest BCUT2D eigenvalue weighted by Crippen LogP contribution is -2.41. The fraction of sp³-hybridized carbons (Fsp3) is 0.444. The number of nitrogens with one attached hydrogen (secondary N) is 2. The number of pyridine rings is 1. The molecular weight excluding hydrogens is 318 g/mol. The van der Waals surface area contributed by atoms with Gasteiger partial charge >= 0.3 is 0 Å². The molecule has 1 amide bonds. The van der Waals surface area contributed by atoms with Gasteiger partial charge in [-0.05, 0) is 25.5 Å². The topological polar surface area (TPSA) is 114 Å². The van der Waals surface area contributed by atoms with Gasteiger partial charge in [-0.3, -0.25) is 14.6 Å². The number of H-pyrrole nitrogens is 1. The van der Waals surface area contributed by atoms with Crippen LogP contribution in [0.4, 0.5) is 0 Å². The van der Waals surface area contributed by atoms with Gasteiger partial charge < -0.3 is 16.0 Å². The number of amides is 1. The average Bonchev–Trinajstić information content (AvgIpc) is 2.62.